The Hall–Kier alpha value is -3.00. The molecule has 1 aromatic rings. The summed E-state index contributed by atoms with van der Waals surface area (Å²) in [7, 11) is 0. The molecule has 142 valence electrons. The van der Waals surface area contributed by atoms with Crippen LogP contribution in [0.2, 0.25) is 0 Å². The number of nitrogens with zero attached hydrogens (tertiary/aromatic N) is 5. The second kappa shape index (κ2) is 7.93. The maximum atomic E-state index is 12.5. The van der Waals surface area contributed by atoms with Crippen molar-refractivity contribution in [1.82, 2.24) is 20.2 Å². The number of aliphatic imine (C=N–C) groups is 2. The van der Waals surface area contributed by atoms with Gasteiger partial charge in [0.1, 0.15) is 5.84 Å². The van der Waals surface area contributed by atoms with Gasteiger partial charge < -0.3 is 10.2 Å². The van der Waals surface area contributed by atoms with Gasteiger partial charge in [0.05, 0.1) is 18.3 Å². The van der Waals surface area contributed by atoms with Gasteiger partial charge in [-0.2, -0.15) is 0 Å². The third-order valence-corrected chi connectivity index (χ3v) is 5.49. The Morgan fingerprint density at radius 2 is 2.18 bits per heavy atom. The average Bonchev–Trinajstić information content (AvgIpc) is 3.09. The molecule has 1 N–H and O–H groups in total. The third kappa shape index (κ3) is 3.55. The van der Waals surface area contributed by atoms with E-state index in [9.17, 15) is 4.79 Å². The van der Waals surface area contributed by atoms with Gasteiger partial charge in [-0.1, -0.05) is 24.4 Å². The molecule has 0 spiro atoms. The number of amides is 1. The van der Waals surface area contributed by atoms with Gasteiger partial charge in [-0.05, 0) is 24.5 Å². The second-order valence-corrected chi connectivity index (χ2v) is 7.46. The van der Waals surface area contributed by atoms with Gasteiger partial charge in [0.2, 0.25) is 5.82 Å². The molecule has 1 amide bonds. The lowest BCUT2D eigenvalue weighted by atomic mass is 10.0. The standard InChI is InChI=1S/C20H20N6OS/c1-3-9-28-13(2)19-24-11-15(16-5-8-21-16)17-10-14(12-26(17)19)25-20(27)18-22-6-4-7-23-18/h3-9,14H,2,10-12H2,1H3,(H,25,27)/b9-3-. The van der Waals surface area contributed by atoms with Crippen LogP contribution in [0.5, 0.6) is 0 Å². The van der Waals surface area contributed by atoms with Crippen LogP contribution in [-0.4, -0.2) is 51.5 Å². The summed E-state index contributed by atoms with van der Waals surface area (Å²) in [5.74, 6) is 0.766. The summed E-state index contributed by atoms with van der Waals surface area (Å²) in [6, 6.07) is 1.63. The Balaban J connectivity index is 1.55. The van der Waals surface area contributed by atoms with Gasteiger partial charge >= 0.3 is 0 Å². The molecule has 4 rings (SSSR count). The molecule has 28 heavy (non-hydrogen) atoms. The van der Waals surface area contributed by atoms with E-state index in [0.29, 0.717) is 19.5 Å². The molecule has 0 aliphatic carbocycles. The van der Waals surface area contributed by atoms with E-state index in [0.717, 1.165) is 27.7 Å². The largest absolute Gasteiger partial charge is 0.344 e. The monoisotopic (exact) mass is 392 g/mol. The SMILES string of the molecule is C=C(S/C=C\C)C1=NCC(C2=NC=C2)=C2CC(NC(=O)c3ncccn3)CN12. The number of carbonyl (C=O) groups excluding carboxylic acids is 1. The Labute approximate surface area is 167 Å². The molecule has 7 nitrogen and oxygen atoms in total. The molecule has 1 saturated heterocycles. The first-order valence-corrected chi connectivity index (χ1v) is 9.89. The van der Waals surface area contributed by atoms with Crippen LogP contribution in [0.4, 0.5) is 0 Å². The zero-order valence-corrected chi connectivity index (χ0v) is 16.3. The number of carbonyl (C=O) groups is 1. The van der Waals surface area contributed by atoms with E-state index in [-0.39, 0.29) is 17.8 Å². The summed E-state index contributed by atoms with van der Waals surface area (Å²) in [6.45, 7) is 7.35. The summed E-state index contributed by atoms with van der Waals surface area (Å²) in [4.78, 5) is 32.7. The molecule has 3 aliphatic rings. The predicted octanol–water partition coefficient (Wildman–Crippen LogP) is 2.70. The van der Waals surface area contributed by atoms with E-state index in [4.69, 9.17) is 4.99 Å². The summed E-state index contributed by atoms with van der Waals surface area (Å²) >= 11 is 1.55. The third-order valence-electron chi connectivity index (χ3n) is 4.61. The summed E-state index contributed by atoms with van der Waals surface area (Å²) in [6.07, 6.45) is 9.59. The molecule has 8 heteroatoms. The van der Waals surface area contributed by atoms with Crippen molar-refractivity contribution < 1.29 is 4.79 Å². The van der Waals surface area contributed by atoms with E-state index < -0.39 is 0 Å². The Morgan fingerprint density at radius 3 is 2.86 bits per heavy atom. The van der Waals surface area contributed by atoms with Crippen LogP contribution in [-0.2, 0) is 0 Å². The van der Waals surface area contributed by atoms with Crippen LogP contribution < -0.4 is 5.32 Å². The number of allylic oxidation sites excluding steroid dienone is 2. The average molecular weight is 392 g/mol. The fraction of sp³-hybridized carbons (Fsp3) is 0.250. The normalized spacial score (nSPS) is 20.6. The molecular formula is C20H20N6OS. The molecule has 1 aromatic heterocycles. The minimum absolute atomic E-state index is 0.0613. The minimum Gasteiger partial charge on any atom is -0.344 e. The second-order valence-electron chi connectivity index (χ2n) is 6.46. The maximum absolute atomic E-state index is 12.5. The van der Waals surface area contributed by atoms with Gasteiger partial charge in [0.25, 0.3) is 5.91 Å². The highest BCUT2D eigenvalue weighted by molar-refractivity contribution is 8.06. The van der Waals surface area contributed by atoms with Gasteiger partial charge in [-0.15, -0.1) is 0 Å². The maximum Gasteiger partial charge on any atom is 0.289 e. The van der Waals surface area contributed by atoms with Crippen molar-refractivity contribution in [3.63, 3.8) is 0 Å². The highest BCUT2D eigenvalue weighted by Gasteiger charge is 2.37. The Bertz CT molecular complexity index is 960. The molecule has 0 bridgehead atoms. The number of hydrogen-bond acceptors (Lipinski definition) is 7. The summed E-state index contributed by atoms with van der Waals surface area (Å²) in [5, 5.41) is 5.04. The molecular weight excluding hydrogens is 372 g/mol. The van der Waals surface area contributed by atoms with E-state index >= 15 is 0 Å². The van der Waals surface area contributed by atoms with E-state index in [1.165, 1.54) is 0 Å². The molecule has 1 atom stereocenters. The van der Waals surface area contributed by atoms with Crippen LogP contribution in [0.1, 0.15) is 24.0 Å². The minimum atomic E-state index is -0.269. The van der Waals surface area contributed by atoms with Crippen molar-refractivity contribution in [2.45, 2.75) is 19.4 Å². The summed E-state index contributed by atoms with van der Waals surface area (Å²) in [5.41, 5.74) is 3.23. The van der Waals surface area contributed by atoms with Crippen LogP contribution in [0.3, 0.4) is 0 Å². The molecule has 1 fully saturated rings. The number of rotatable bonds is 6. The number of amidine groups is 1. The number of fused-ring (bicyclic) bond motifs is 1. The number of hydrogen-bond donors (Lipinski definition) is 1. The highest BCUT2D eigenvalue weighted by Crippen LogP contribution is 2.34. The smallest absolute Gasteiger partial charge is 0.289 e. The van der Waals surface area contributed by atoms with E-state index in [1.807, 2.05) is 24.5 Å². The van der Waals surface area contributed by atoms with Crippen molar-refractivity contribution in [2.24, 2.45) is 9.98 Å². The zero-order valence-electron chi connectivity index (χ0n) is 15.5. The van der Waals surface area contributed by atoms with Crippen LogP contribution >= 0.6 is 11.8 Å². The topological polar surface area (TPSA) is 82.8 Å². The lowest BCUT2D eigenvalue weighted by Crippen LogP contribution is -2.39. The van der Waals surface area contributed by atoms with Crippen LogP contribution in [0, 0.1) is 0 Å². The van der Waals surface area contributed by atoms with Gasteiger partial charge in [0.15, 0.2) is 0 Å². The molecule has 0 aromatic carbocycles. The predicted molar refractivity (Wildman–Crippen MR) is 112 cm³/mol. The van der Waals surface area contributed by atoms with E-state index in [1.54, 1.807) is 36.4 Å². The van der Waals surface area contributed by atoms with Crippen molar-refractivity contribution in [3.8, 4) is 0 Å². The lowest BCUT2D eigenvalue weighted by molar-refractivity contribution is 0.0928. The molecule has 1 unspecified atom stereocenters. The molecule has 0 saturated carbocycles. The number of aromatic nitrogens is 2. The summed E-state index contributed by atoms with van der Waals surface area (Å²) < 4.78 is 0. The Morgan fingerprint density at radius 1 is 1.39 bits per heavy atom. The molecule has 3 aliphatic heterocycles. The van der Waals surface area contributed by atoms with Gasteiger partial charge in [0, 0.05) is 47.7 Å². The van der Waals surface area contributed by atoms with Crippen molar-refractivity contribution in [1.29, 1.82) is 0 Å². The Kier molecular flexibility index (Phi) is 5.21. The first-order chi connectivity index (χ1) is 13.7. The highest BCUT2D eigenvalue weighted by atomic mass is 32.2. The fourth-order valence-corrected chi connectivity index (χ4v) is 3.91. The van der Waals surface area contributed by atoms with Crippen LogP contribution in [0.25, 0.3) is 0 Å². The zero-order chi connectivity index (χ0) is 19.5. The first-order valence-electron chi connectivity index (χ1n) is 9.01. The number of nitrogens with one attached hydrogen (secondary N) is 1. The van der Waals surface area contributed by atoms with Gasteiger partial charge in [-0.25, -0.2) is 9.97 Å². The van der Waals surface area contributed by atoms with Crippen molar-refractivity contribution in [3.05, 3.63) is 70.8 Å². The first kappa shape index (κ1) is 18.4. The van der Waals surface area contributed by atoms with Crippen molar-refractivity contribution in [2.75, 3.05) is 13.1 Å². The molecule has 0 radical (unpaired) electrons. The van der Waals surface area contributed by atoms with E-state index in [2.05, 4.69) is 31.8 Å². The lowest BCUT2D eigenvalue weighted by Gasteiger charge is -2.29. The van der Waals surface area contributed by atoms with Gasteiger partial charge in [-0.3, -0.25) is 14.8 Å². The van der Waals surface area contributed by atoms with Crippen LogP contribution in [0.15, 0.2) is 75.0 Å². The van der Waals surface area contributed by atoms with Crippen molar-refractivity contribution >= 4 is 29.2 Å². The molecule has 4 heterocycles. The number of thioether (sulfide) groups is 1. The quantitative estimate of drug-likeness (QED) is 0.805. The fourth-order valence-electron chi connectivity index (χ4n) is 3.33.